The van der Waals surface area contributed by atoms with Crippen LogP contribution in [0.3, 0.4) is 0 Å². The van der Waals surface area contributed by atoms with E-state index >= 15 is 0 Å². The highest BCUT2D eigenvalue weighted by Gasteiger charge is 2.17. The van der Waals surface area contributed by atoms with Gasteiger partial charge in [-0.3, -0.25) is 4.55 Å². The van der Waals surface area contributed by atoms with E-state index in [9.17, 15) is 8.42 Å². The van der Waals surface area contributed by atoms with Gasteiger partial charge in [0, 0.05) is 17.6 Å². The first kappa shape index (κ1) is 16.1. The van der Waals surface area contributed by atoms with Gasteiger partial charge in [0.25, 0.3) is 10.1 Å². The molecule has 4 rings (SSSR count). The average Bonchev–Trinajstić information content (AvgIpc) is 2.59. The average molecular weight is 353 g/mol. The topological polar surface area (TPSA) is 66.4 Å². The highest BCUT2D eigenvalue weighted by Crippen LogP contribution is 2.37. The van der Waals surface area contributed by atoms with Gasteiger partial charge in [-0.2, -0.15) is 8.42 Å². The van der Waals surface area contributed by atoms with Crippen molar-refractivity contribution in [1.29, 1.82) is 0 Å². The molecule has 25 heavy (non-hydrogen) atoms. The molecule has 0 aliphatic heterocycles. The van der Waals surface area contributed by atoms with E-state index in [1.807, 2.05) is 6.07 Å². The fourth-order valence-corrected chi connectivity index (χ4v) is 3.86. The van der Waals surface area contributed by atoms with E-state index in [-0.39, 0.29) is 0 Å². The summed E-state index contributed by atoms with van der Waals surface area (Å²) in [6, 6.07) is 18.9. The van der Waals surface area contributed by atoms with Crippen LogP contribution >= 0.6 is 0 Å². The number of benzene rings is 4. The van der Waals surface area contributed by atoms with Gasteiger partial charge in [-0.1, -0.05) is 48.5 Å². The van der Waals surface area contributed by atoms with Gasteiger partial charge in [-0.15, -0.1) is 0 Å². The summed E-state index contributed by atoms with van der Waals surface area (Å²) in [7, 11) is -3.98. The molecule has 0 amide bonds. The number of hydrogen-bond donors (Lipinski definition) is 2. The summed E-state index contributed by atoms with van der Waals surface area (Å²) < 4.78 is 31.4. The number of rotatable bonds is 5. The van der Waals surface area contributed by atoms with Crippen molar-refractivity contribution in [2.45, 2.75) is 18.6 Å². The van der Waals surface area contributed by atoms with Crippen LogP contribution in [0.15, 0.2) is 54.6 Å². The number of nitrogens with one attached hydrogen (secondary N) is 1. The second kappa shape index (κ2) is 5.86. The highest BCUT2D eigenvalue weighted by atomic mass is 32.2. The smallest absolute Gasteiger partial charge is 0.267 e. The van der Waals surface area contributed by atoms with Crippen molar-refractivity contribution in [3.8, 4) is 0 Å². The molecule has 4 aromatic rings. The van der Waals surface area contributed by atoms with Gasteiger partial charge in [0.15, 0.2) is 0 Å². The van der Waals surface area contributed by atoms with E-state index in [0.717, 1.165) is 11.1 Å². The Balaban J connectivity index is 1.75. The molecule has 0 aromatic heterocycles. The zero-order chi connectivity index (χ0) is 17.6. The molecule has 2 N–H and O–H groups in total. The van der Waals surface area contributed by atoms with E-state index in [4.69, 9.17) is 4.55 Å². The van der Waals surface area contributed by atoms with Crippen molar-refractivity contribution in [1.82, 2.24) is 0 Å². The standard InChI is InChI=1S/C20H19NO3S/c1-13(25(22,23)24)11-12-21-18-10-8-16-6-5-14-3-2-4-15-7-9-17(18)20(16)19(14)15/h2-10,13,21H,11-12H2,1H3,(H,22,23,24). The molecule has 5 heteroatoms. The lowest BCUT2D eigenvalue weighted by Crippen LogP contribution is -2.20. The molecule has 1 atom stereocenters. The third-order valence-corrected chi connectivity index (χ3v) is 6.16. The lowest BCUT2D eigenvalue weighted by molar-refractivity contribution is 0.467. The molecule has 0 bridgehead atoms. The zero-order valence-corrected chi connectivity index (χ0v) is 14.7. The fourth-order valence-electron chi connectivity index (χ4n) is 3.45. The van der Waals surface area contributed by atoms with Gasteiger partial charge in [-0.05, 0) is 46.3 Å². The van der Waals surface area contributed by atoms with Crippen LogP contribution in [0.1, 0.15) is 13.3 Å². The van der Waals surface area contributed by atoms with Crippen molar-refractivity contribution >= 4 is 48.1 Å². The van der Waals surface area contributed by atoms with Gasteiger partial charge in [0.2, 0.25) is 0 Å². The Morgan fingerprint density at radius 1 is 0.920 bits per heavy atom. The maximum Gasteiger partial charge on any atom is 0.267 e. The monoisotopic (exact) mass is 353 g/mol. The maximum absolute atomic E-state index is 11.1. The molecule has 0 aliphatic rings. The van der Waals surface area contributed by atoms with Crippen molar-refractivity contribution in [2.75, 3.05) is 11.9 Å². The quantitative estimate of drug-likeness (QED) is 0.404. The van der Waals surface area contributed by atoms with Crippen LogP contribution in [0.25, 0.3) is 32.3 Å². The van der Waals surface area contributed by atoms with E-state index in [1.54, 1.807) is 0 Å². The van der Waals surface area contributed by atoms with E-state index in [0.29, 0.717) is 13.0 Å². The fraction of sp³-hybridized carbons (Fsp3) is 0.200. The van der Waals surface area contributed by atoms with Crippen LogP contribution in [0.2, 0.25) is 0 Å². The third-order valence-electron chi connectivity index (χ3n) is 4.90. The molecule has 0 aliphatic carbocycles. The Morgan fingerprint density at radius 2 is 1.52 bits per heavy atom. The maximum atomic E-state index is 11.1. The van der Waals surface area contributed by atoms with Crippen LogP contribution in [0.5, 0.6) is 0 Å². The summed E-state index contributed by atoms with van der Waals surface area (Å²) >= 11 is 0. The lowest BCUT2D eigenvalue weighted by Gasteiger charge is -2.15. The first-order valence-electron chi connectivity index (χ1n) is 8.32. The van der Waals surface area contributed by atoms with Gasteiger partial charge >= 0.3 is 0 Å². The molecule has 0 spiro atoms. The predicted octanol–water partition coefficient (Wildman–Crippen LogP) is 4.66. The summed E-state index contributed by atoms with van der Waals surface area (Å²) in [4.78, 5) is 0. The first-order valence-corrected chi connectivity index (χ1v) is 9.82. The van der Waals surface area contributed by atoms with Crippen LogP contribution in [-0.2, 0) is 10.1 Å². The van der Waals surface area contributed by atoms with Crippen molar-refractivity contribution in [3.63, 3.8) is 0 Å². The molecule has 0 saturated carbocycles. The lowest BCUT2D eigenvalue weighted by atomic mass is 9.93. The second-order valence-electron chi connectivity index (χ2n) is 6.51. The van der Waals surface area contributed by atoms with Gasteiger partial charge < -0.3 is 5.32 Å². The Bertz CT molecular complexity index is 1150. The molecule has 4 aromatic carbocycles. The summed E-state index contributed by atoms with van der Waals surface area (Å²) in [6.45, 7) is 1.99. The summed E-state index contributed by atoms with van der Waals surface area (Å²) in [5.74, 6) is 0. The number of anilines is 1. The molecule has 0 heterocycles. The van der Waals surface area contributed by atoms with E-state index in [1.165, 1.54) is 33.9 Å². The SMILES string of the molecule is CC(CCNc1ccc2ccc3cccc4ccc1c2c34)S(=O)(=O)O. The summed E-state index contributed by atoms with van der Waals surface area (Å²) in [5.41, 5.74) is 0.980. The first-order chi connectivity index (χ1) is 11.9. The molecule has 1 unspecified atom stereocenters. The van der Waals surface area contributed by atoms with Crippen LogP contribution < -0.4 is 5.32 Å². The summed E-state index contributed by atoms with van der Waals surface area (Å²) in [5, 5.41) is 9.78. The molecule has 0 radical (unpaired) electrons. The van der Waals surface area contributed by atoms with Crippen LogP contribution in [0.4, 0.5) is 5.69 Å². The third kappa shape index (κ3) is 2.79. The molecule has 4 nitrogen and oxygen atoms in total. The Labute approximate surface area is 146 Å². The number of hydrogen-bond acceptors (Lipinski definition) is 3. The molecular weight excluding hydrogens is 334 g/mol. The van der Waals surface area contributed by atoms with Crippen LogP contribution in [0, 0.1) is 0 Å². The molecule has 128 valence electrons. The minimum atomic E-state index is -3.98. The molecular formula is C20H19NO3S. The molecule has 0 saturated heterocycles. The largest absolute Gasteiger partial charge is 0.384 e. The Morgan fingerprint density at radius 3 is 2.20 bits per heavy atom. The van der Waals surface area contributed by atoms with E-state index < -0.39 is 15.4 Å². The predicted molar refractivity (Wildman–Crippen MR) is 104 cm³/mol. The van der Waals surface area contributed by atoms with Crippen LogP contribution in [-0.4, -0.2) is 24.8 Å². The van der Waals surface area contributed by atoms with Gasteiger partial charge in [0.1, 0.15) is 0 Å². The molecule has 0 fully saturated rings. The minimum absolute atomic E-state index is 0.348. The second-order valence-corrected chi connectivity index (χ2v) is 8.34. The van der Waals surface area contributed by atoms with Crippen molar-refractivity contribution in [2.24, 2.45) is 0 Å². The van der Waals surface area contributed by atoms with Gasteiger partial charge in [0.05, 0.1) is 5.25 Å². The minimum Gasteiger partial charge on any atom is -0.384 e. The highest BCUT2D eigenvalue weighted by molar-refractivity contribution is 7.86. The van der Waals surface area contributed by atoms with Crippen molar-refractivity contribution < 1.29 is 13.0 Å². The van der Waals surface area contributed by atoms with E-state index in [2.05, 4.69) is 53.8 Å². The van der Waals surface area contributed by atoms with Crippen molar-refractivity contribution in [3.05, 3.63) is 54.6 Å². The summed E-state index contributed by atoms with van der Waals surface area (Å²) in [6.07, 6.45) is 0.348. The zero-order valence-electron chi connectivity index (χ0n) is 13.9. The van der Waals surface area contributed by atoms with Gasteiger partial charge in [-0.25, -0.2) is 0 Å². The Kier molecular flexibility index (Phi) is 3.78. The normalized spacial score (nSPS) is 13.7. The Hall–Kier alpha value is -2.37.